The van der Waals surface area contributed by atoms with Crippen LogP contribution in [0.4, 0.5) is 5.69 Å². The first-order valence-corrected chi connectivity index (χ1v) is 11.5. The molecule has 3 aromatic rings. The molecule has 2 aromatic carbocycles. The third-order valence-electron chi connectivity index (χ3n) is 6.22. The summed E-state index contributed by atoms with van der Waals surface area (Å²) in [6, 6.07) is 15.5. The third kappa shape index (κ3) is 3.74. The van der Waals surface area contributed by atoms with E-state index in [-0.39, 0.29) is 42.5 Å². The molecule has 1 saturated carbocycles. The predicted octanol–water partition coefficient (Wildman–Crippen LogP) is 4.47. The number of nitrogens with one attached hydrogen (secondary N) is 1. The van der Waals surface area contributed by atoms with Gasteiger partial charge in [0.1, 0.15) is 5.01 Å². The molecule has 1 saturated heterocycles. The Bertz CT molecular complexity index is 1110. The fourth-order valence-corrected chi connectivity index (χ4v) is 5.65. The maximum absolute atomic E-state index is 12.7. The molecule has 31 heavy (non-hydrogen) atoms. The zero-order valence-corrected chi connectivity index (χ0v) is 17.9. The molecular weight excluding hydrogens is 410 g/mol. The lowest BCUT2D eigenvalue weighted by molar-refractivity contribution is -0.140. The molecule has 3 amide bonds. The number of carbonyl (C=O) groups is 3. The first kappa shape index (κ1) is 19.9. The van der Waals surface area contributed by atoms with Gasteiger partial charge in [0.2, 0.25) is 17.7 Å². The molecule has 1 aliphatic heterocycles. The Morgan fingerprint density at radius 1 is 1.00 bits per heavy atom. The number of rotatable bonds is 5. The molecule has 1 aliphatic carbocycles. The second kappa shape index (κ2) is 8.23. The molecular formula is C24H23N3O3S. The number of amides is 3. The Balaban J connectivity index is 1.28. The Hall–Kier alpha value is -3.06. The van der Waals surface area contributed by atoms with E-state index < -0.39 is 0 Å². The maximum atomic E-state index is 12.7. The zero-order valence-electron chi connectivity index (χ0n) is 17.0. The first-order chi connectivity index (χ1) is 15.1. The van der Waals surface area contributed by atoms with Crippen LogP contribution in [0.3, 0.4) is 0 Å². The minimum atomic E-state index is -0.218. The van der Waals surface area contributed by atoms with Gasteiger partial charge in [0.05, 0.1) is 27.7 Å². The summed E-state index contributed by atoms with van der Waals surface area (Å²) >= 11 is 1.58. The van der Waals surface area contributed by atoms with Crippen LogP contribution in [0.2, 0.25) is 0 Å². The van der Waals surface area contributed by atoms with E-state index in [1.54, 1.807) is 11.3 Å². The second-order valence-corrected chi connectivity index (χ2v) is 9.19. The Morgan fingerprint density at radius 3 is 2.42 bits per heavy atom. The lowest BCUT2D eigenvalue weighted by atomic mass is 9.81. The highest BCUT2D eigenvalue weighted by atomic mass is 32.1. The van der Waals surface area contributed by atoms with Gasteiger partial charge in [0.15, 0.2) is 0 Å². The molecule has 6 nitrogen and oxygen atoms in total. The molecule has 7 heteroatoms. The number of aromatic nitrogens is 1. The van der Waals surface area contributed by atoms with E-state index in [4.69, 9.17) is 4.98 Å². The lowest BCUT2D eigenvalue weighted by Crippen LogP contribution is -2.34. The van der Waals surface area contributed by atoms with Gasteiger partial charge in [-0.1, -0.05) is 37.1 Å². The highest BCUT2D eigenvalue weighted by molar-refractivity contribution is 7.21. The number of hydrogen-bond donors (Lipinski definition) is 1. The average Bonchev–Trinajstić information content (AvgIpc) is 3.32. The zero-order chi connectivity index (χ0) is 21.4. The number of thiazole rings is 1. The number of anilines is 1. The van der Waals surface area contributed by atoms with Crippen molar-refractivity contribution in [2.45, 2.75) is 32.1 Å². The van der Waals surface area contributed by atoms with Gasteiger partial charge in [-0.2, -0.15) is 0 Å². The number of para-hydroxylation sites is 2. The van der Waals surface area contributed by atoms with E-state index in [1.807, 2.05) is 48.5 Å². The molecule has 0 bridgehead atoms. The number of likely N-dealkylation sites (tertiary alicyclic amines) is 1. The van der Waals surface area contributed by atoms with Gasteiger partial charge < -0.3 is 5.32 Å². The van der Waals surface area contributed by atoms with Crippen LogP contribution in [-0.4, -0.2) is 34.2 Å². The van der Waals surface area contributed by atoms with Gasteiger partial charge >= 0.3 is 0 Å². The van der Waals surface area contributed by atoms with Crippen LogP contribution in [0, 0.1) is 11.8 Å². The van der Waals surface area contributed by atoms with Crippen LogP contribution in [-0.2, 0) is 14.4 Å². The van der Waals surface area contributed by atoms with Gasteiger partial charge in [-0.3, -0.25) is 19.3 Å². The van der Waals surface area contributed by atoms with Crippen molar-refractivity contribution in [3.63, 3.8) is 0 Å². The Kier molecular flexibility index (Phi) is 5.28. The van der Waals surface area contributed by atoms with E-state index in [0.717, 1.165) is 46.5 Å². The summed E-state index contributed by atoms with van der Waals surface area (Å²) in [6.45, 7) is 0.139. The fourth-order valence-electron chi connectivity index (χ4n) is 4.64. The van der Waals surface area contributed by atoms with Gasteiger partial charge in [-0.15, -0.1) is 11.3 Å². The van der Waals surface area contributed by atoms with Crippen LogP contribution in [0.25, 0.3) is 20.8 Å². The molecule has 2 fully saturated rings. The Morgan fingerprint density at radius 2 is 1.68 bits per heavy atom. The summed E-state index contributed by atoms with van der Waals surface area (Å²) in [6.07, 6.45) is 3.65. The van der Waals surface area contributed by atoms with Gasteiger partial charge in [-0.05, 0) is 37.1 Å². The molecule has 2 heterocycles. The number of carbonyl (C=O) groups excluding carboxylic acids is 3. The minimum absolute atomic E-state index is 0.0884. The molecule has 158 valence electrons. The Labute approximate surface area is 184 Å². The summed E-state index contributed by atoms with van der Waals surface area (Å²) in [5.41, 5.74) is 2.46. The summed E-state index contributed by atoms with van der Waals surface area (Å²) in [4.78, 5) is 43.9. The van der Waals surface area contributed by atoms with Crippen LogP contribution in [0.1, 0.15) is 32.1 Å². The number of nitrogens with zero attached hydrogens (tertiary/aromatic N) is 2. The molecule has 2 atom stereocenters. The minimum Gasteiger partial charge on any atom is -0.325 e. The highest BCUT2D eigenvalue weighted by Gasteiger charge is 2.47. The van der Waals surface area contributed by atoms with Crippen molar-refractivity contribution in [3.8, 4) is 10.6 Å². The van der Waals surface area contributed by atoms with Crippen LogP contribution < -0.4 is 5.32 Å². The quantitative estimate of drug-likeness (QED) is 0.602. The predicted molar refractivity (Wildman–Crippen MR) is 120 cm³/mol. The summed E-state index contributed by atoms with van der Waals surface area (Å²) in [7, 11) is 0. The number of imide groups is 1. The topological polar surface area (TPSA) is 79.4 Å². The summed E-state index contributed by atoms with van der Waals surface area (Å²) < 4.78 is 1.09. The summed E-state index contributed by atoms with van der Waals surface area (Å²) in [5, 5.41) is 3.79. The van der Waals surface area contributed by atoms with E-state index in [0.29, 0.717) is 5.69 Å². The SMILES string of the molecule is O=C(CCN1C(=O)C2CCCCC2C1=O)Nc1ccccc1-c1nc2ccccc2s1. The largest absolute Gasteiger partial charge is 0.325 e. The van der Waals surface area contributed by atoms with Gasteiger partial charge in [0.25, 0.3) is 0 Å². The van der Waals surface area contributed by atoms with Crippen molar-refractivity contribution in [2.75, 3.05) is 11.9 Å². The van der Waals surface area contributed by atoms with Crippen molar-refractivity contribution in [2.24, 2.45) is 11.8 Å². The van der Waals surface area contributed by atoms with Gasteiger partial charge in [-0.25, -0.2) is 4.98 Å². The van der Waals surface area contributed by atoms with Gasteiger partial charge in [0, 0.05) is 18.5 Å². The van der Waals surface area contributed by atoms with E-state index in [2.05, 4.69) is 5.32 Å². The monoisotopic (exact) mass is 433 g/mol. The smallest absolute Gasteiger partial charge is 0.233 e. The number of hydrogen-bond acceptors (Lipinski definition) is 5. The number of benzene rings is 2. The molecule has 2 unspecified atom stereocenters. The fraction of sp³-hybridized carbons (Fsp3) is 0.333. The van der Waals surface area contributed by atoms with Crippen molar-refractivity contribution in [1.29, 1.82) is 0 Å². The van der Waals surface area contributed by atoms with Crippen molar-refractivity contribution in [3.05, 3.63) is 48.5 Å². The van der Waals surface area contributed by atoms with E-state index in [1.165, 1.54) is 4.90 Å². The standard InChI is InChI=1S/C24H23N3O3S/c28-21(13-14-27-23(29)15-7-1-2-8-16(15)24(27)30)25-18-10-4-3-9-17(18)22-26-19-11-5-6-12-20(19)31-22/h3-6,9-12,15-16H,1-2,7-8,13-14H2,(H,25,28). The number of fused-ring (bicyclic) bond motifs is 2. The van der Waals surface area contributed by atoms with E-state index >= 15 is 0 Å². The molecule has 0 spiro atoms. The molecule has 1 aromatic heterocycles. The lowest BCUT2D eigenvalue weighted by Gasteiger charge is -2.19. The molecule has 0 radical (unpaired) electrons. The van der Waals surface area contributed by atoms with Crippen LogP contribution >= 0.6 is 11.3 Å². The third-order valence-corrected chi connectivity index (χ3v) is 7.29. The second-order valence-electron chi connectivity index (χ2n) is 8.16. The van der Waals surface area contributed by atoms with Crippen LogP contribution in [0.15, 0.2) is 48.5 Å². The van der Waals surface area contributed by atoms with Crippen molar-refractivity contribution >= 4 is 45.0 Å². The van der Waals surface area contributed by atoms with Crippen LogP contribution in [0.5, 0.6) is 0 Å². The normalized spacial score (nSPS) is 20.8. The van der Waals surface area contributed by atoms with Crippen molar-refractivity contribution in [1.82, 2.24) is 9.88 Å². The summed E-state index contributed by atoms with van der Waals surface area (Å²) in [5.74, 6) is -0.771. The molecule has 1 N–H and O–H groups in total. The molecule has 2 aliphatic rings. The maximum Gasteiger partial charge on any atom is 0.233 e. The van der Waals surface area contributed by atoms with Crippen molar-refractivity contribution < 1.29 is 14.4 Å². The first-order valence-electron chi connectivity index (χ1n) is 10.7. The molecule has 5 rings (SSSR count). The average molecular weight is 434 g/mol. The van der Waals surface area contributed by atoms with E-state index in [9.17, 15) is 14.4 Å². The highest BCUT2D eigenvalue weighted by Crippen LogP contribution is 2.38.